The van der Waals surface area contributed by atoms with Crippen molar-refractivity contribution < 1.29 is 28.6 Å². The molecular formula is C20H31N3O6. The Morgan fingerprint density at radius 2 is 1.66 bits per heavy atom. The number of hydrogen-bond donors (Lipinski definition) is 3. The number of hydrogen-bond acceptors (Lipinski definition) is 6. The largest absolute Gasteiger partial charge is 0.444 e. The maximum absolute atomic E-state index is 11.9. The van der Waals surface area contributed by atoms with Gasteiger partial charge in [0.05, 0.1) is 13.2 Å². The smallest absolute Gasteiger partial charge is 0.407 e. The predicted octanol–water partition coefficient (Wildman–Crippen LogP) is 1.82. The molecular weight excluding hydrogens is 378 g/mol. The van der Waals surface area contributed by atoms with E-state index in [2.05, 4.69) is 16.0 Å². The third-order valence-electron chi connectivity index (χ3n) is 3.41. The Morgan fingerprint density at radius 3 is 2.28 bits per heavy atom. The molecule has 0 unspecified atom stereocenters. The number of amides is 3. The molecule has 0 heterocycles. The molecule has 0 aliphatic heterocycles. The second kappa shape index (κ2) is 12.7. The lowest BCUT2D eigenvalue weighted by atomic mass is 10.2. The molecule has 0 saturated heterocycles. The summed E-state index contributed by atoms with van der Waals surface area (Å²) in [7, 11) is 1.57. The van der Waals surface area contributed by atoms with E-state index in [-0.39, 0.29) is 31.4 Å². The van der Waals surface area contributed by atoms with Crippen molar-refractivity contribution in [1.82, 2.24) is 10.6 Å². The van der Waals surface area contributed by atoms with Crippen molar-refractivity contribution in [3.63, 3.8) is 0 Å². The van der Waals surface area contributed by atoms with Crippen LogP contribution in [0.2, 0.25) is 0 Å². The van der Waals surface area contributed by atoms with E-state index >= 15 is 0 Å². The number of anilines is 1. The van der Waals surface area contributed by atoms with Crippen LogP contribution in [0.25, 0.3) is 0 Å². The maximum Gasteiger partial charge on any atom is 0.407 e. The number of methoxy groups -OCH3 is 1. The molecule has 1 aromatic rings. The zero-order valence-electron chi connectivity index (χ0n) is 17.5. The molecule has 3 amide bonds. The molecule has 0 atom stereocenters. The standard InChI is InChI=1S/C20H31N3O6/c1-20(2,3)29-19(26)21-10-9-17(24)23-16-7-5-15(6-8-16)13-22-18(25)14-28-12-11-27-4/h5-8H,9-14H2,1-4H3,(H,21,26)(H,22,25)(H,23,24). The number of carbonyl (C=O) groups is 3. The number of alkyl carbamates (subject to hydrolysis) is 1. The maximum atomic E-state index is 11.9. The summed E-state index contributed by atoms with van der Waals surface area (Å²) >= 11 is 0. The van der Waals surface area contributed by atoms with Gasteiger partial charge >= 0.3 is 6.09 Å². The van der Waals surface area contributed by atoms with Crippen molar-refractivity contribution in [2.24, 2.45) is 0 Å². The average Bonchev–Trinajstić information content (AvgIpc) is 2.63. The van der Waals surface area contributed by atoms with Crippen molar-refractivity contribution in [2.75, 3.05) is 38.8 Å². The van der Waals surface area contributed by atoms with Crippen LogP contribution in [0.4, 0.5) is 10.5 Å². The van der Waals surface area contributed by atoms with Crippen LogP contribution < -0.4 is 16.0 Å². The zero-order chi connectivity index (χ0) is 21.7. The summed E-state index contributed by atoms with van der Waals surface area (Å²) in [6.45, 7) is 6.64. The lowest BCUT2D eigenvalue weighted by molar-refractivity contribution is -0.126. The Hall–Kier alpha value is -2.65. The topological polar surface area (TPSA) is 115 Å². The number of rotatable bonds is 11. The van der Waals surface area contributed by atoms with Crippen molar-refractivity contribution in [1.29, 1.82) is 0 Å². The van der Waals surface area contributed by atoms with Crippen molar-refractivity contribution in [3.05, 3.63) is 29.8 Å². The highest BCUT2D eigenvalue weighted by Gasteiger charge is 2.15. The fraction of sp³-hybridized carbons (Fsp3) is 0.550. The molecule has 9 nitrogen and oxygen atoms in total. The van der Waals surface area contributed by atoms with Crippen molar-refractivity contribution >= 4 is 23.6 Å². The van der Waals surface area contributed by atoms with Gasteiger partial charge in [0.2, 0.25) is 11.8 Å². The van der Waals surface area contributed by atoms with E-state index in [4.69, 9.17) is 14.2 Å². The van der Waals surface area contributed by atoms with Crippen LogP contribution in [0.3, 0.4) is 0 Å². The van der Waals surface area contributed by atoms with Gasteiger partial charge in [-0.05, 0) is 38.5 Å². The lowest BCUT2D eigenvalue weighted by Crippen LogP contribution is -2.34. The van der Waals surface area contributed by atoms with E-state index in [1.165, 1.54) is 0 Å². The van der Waals surface area contributed by atoms with Gasteiger partial charge in [-0.1, -0.05) is 12.1 Å². The SMILES string of the molecule is COCCOCC(=O)NCc1ccc(NC(=O)CCNC(=O)OC(C)(C)C)cc1. The van der Waals surface area contributed by atoms with Crippen LogP contribution >= 0.6 is 0 Å². The Morgan fingerprint density at radius 1 is 0.966 bits per heavy atom. The first-order chi connectivity index (χ1) is 13.7. The normalized spacial score (nSPS) is 10.9. The molecule has 9 heteroatoms. The van der Waals surface area contributed by atoms with Gasteiger partial charge in [0.15, 0.2) is 0 Å². The van der Waals surface area contributed by atoms with Gasteiger partial charge in [-0.3, -0.25) is 9.59 Å². The highest BCUT2D eigenvalue weighted by molar-refractivity contribution is 5.91. The first-order valence-electron chi connectivity index (χ1n) is 9.38. The van der Waals surface area contributed by atoms with Gasteiger partial charge in [0.1, 0.15) is 12.2 Å². The average molecular weight is 409 g/mol. The minimum Gasteiger partial charge on any atom is -0.444 e. The molecule has 1 rings (SSSR count). The first kappa shape index (κ1) is 24.4. The van der Waals surface area contributed by atoms with E-state index < -0.39 is 11.7 Å². The van der Waals surface area contributed by atoms with Crippen LogP contribution in [0.5, 0.6) is 0 Å². The number of ether oxygens (including phenoxy) is 3. The summed E-state index contributed by atoms with van der Waals surface area (Å²) in [5.41, 5.74) is 0.940. The van der Waals surface area contributed by atoms with E-state index in [1.54, 1.807) is 52.1 Å². The Kier molecular flexibility index (Phi) is 10.7. The fourth-order valence-electron chi connectivity index (χ4n) is 2.08. The summed E-state index contributed by atoms with van der Waals surface area (Å²) < 4.78 is 15.1. The van der Waals surface area contributed by atoms with Gasteiger partial charge in [0, 0.05) is 32.3 Å². The Bertz CT molecular complexity index is 655. The summed E-state index contributed by atoms with van der Waals surface area (Å²) in [5, 5.41) is 8.03. The van der Waals surface area contributed by atoms with Crippen molar-refractivity contribution in [3.8, 4) is 0 Å². The summed E-state index contributed by atoms with van der Waals surface area (Å²) in [6.07, 6.45) is -0.430. The fourth-order valence-corrected chi connectivity index (χ4v) is 2.08. The highest BCUT2D eigenvalue weighted by atomic mass is 16.6. The summed E-state index contributed by atoms with van der Waals surface area (Å²) in [6, 6.07) is 7.10. The zero-order valence-corrected chi connectivity index (χ0v) is 17.5. The Balaban J connectivity index is 2.27. The molecule has 0 spiro atoms. The predicted molar refractivity (Wildman–Crippen MR) is 108 cm³/mol. The molecule has 1 aromatic carbocycles. The van der Waals surface area contributed by atoms with Gasteiger partial charge in [0.25, 0.3) is 0 Å². The molecule has 3 N–H and O–H groups in total. The second-order valence-corrected chi connectivity index (χ2v) is 7.25. The molecule has 29 heavy (non-hydrogen) atoms. The minimum absolute atomic E-state index is 0.0190. The van der Waals surface area contributed by atoms with Crippen molar-refractivity contribution in [2.45, 2.75) is 39.3 Å². The monoisotopic (exact) mass is 409 g/mol. The third kappa shape index (κ3) is 12.4. The van der Waals surface area contributed by atoms with Crippen LogP contribution in [-0.4, -0.2) is 57.0 Å². The minimum atomic E-state index is -0.579. The van der Waals surface area contributed by atoms with Gasteiger partial charge in [-0.25, -0.2) is 4.79 Å². The first-order valence-corrected chi connectivity index (χ1v) is 9.38. The van der Waals surface area contributed by atoms with Gasteiger partial charge < -0.3 is 30.2 Å². The number of carbonyl (C=O) groups excluding carboxylic acids is 3. The van der Waals surface area contributed by atoms with Gasteiger partial charge in [-0.2, -0.15) is 0 Å². The molecule has 0 aliphatic rings. The number of benzene rings is 1. The highest BCUT2D eigenvalue weighted by Crippen LogP contribution is 2.10. The van der Waals surface area contributed by atoms with E-state index in [0.717, 1.165) is 5.56 Å². The molecule has 0 aliphatic carbocycles. The van der Waals surface area contributed by atoms with Crippen LogP contribution in [0.15, 0.2) is 24.3 Å². The Labute approximate surface area is 171 Å². The van der Waals surface area contributed by atoms with Crippen LogP contribution in [0.1, 0.15) is 32.8 Å². The molecule has 0 aromatic heterocycles. The van der Waals surface area contributed by atoms with Crippen LogP contribution in [0, 0.1) is 0 Å². The second-order valence-electron chi connectivity index (χ2n) is 7.25. The summed E-state index contributed by atoms with van der Waals surface area (Å²) in [5.74, 6) is -0.439. The van der Waals surface area contributed by atoms with E-state index in [1.807, 2.05) is 0 Å². The van der Waals surface area contributed by atoms with E-state index in [0.29, 0.717) is 25.4 Å². The molecule has 0 fully saturated rings. The van der Waals surface area contributed by atoms with E-state index in [9.17, 15) is 14.4 Å². The molecule has 0 bridgehead atoms. The third-order valence-corrected chi connectivity index (χ3v) is 3.41. The lowest BCUT2D eigenvalue weighted by Gasteiger charge is -2.19. The molecule has 0 radical (unpaired) electrons. The molecule has 0 saturated carbocycles. The summed E-state index contributed by atoms with van der Waals surface area (Å²) in [4.78, 5) is 35.1. The quantitative estimate of drug-likeness (QED) is 0.480. The number of nitrogens with one attached hydrogen (secondary N) is 3. The van der Waals surface area contributed by atoms with Crippen LogP contribution in [-0.2, 0) is 30.3 Å². The molecule has 162 valence electrons. The van der Waals surface area contributed by atoms with Gasteiger partial charge in [-0.15, -0.1) is 0 Å².